The van der Waals surface area contributed by atoms with E-state index in [-0.39, 0.29) is 11.4 Å². The summed E-state index contributed by atoms with van der Waals surface area (Å²) in [5.74, 6) is -4.59. The van der Waals surface area contributed by atoms with Crippen molar-refractivity contribution in [2.45, 2.75) is 0 Å². The third-order valence-corrected chi connectivity index (χ3v) is 2.75. The first-order valence-corrected chi connectivity index (χ1v) is 6.51. The van der Waals surface area contributed by atoms with Crippen LogP contribution in [0.4, 0.5) is 24.5 Å². The molecule has 0 aliphatic rings. The molecule has 1 amide bonds. The molecular formula is C15H10F3N3O3. The number of rotatable bonds is 4. The van der Waals surface area contributed by atoms with Crippen LogP contribution in [0.15, 0.2) is 61.0 Å². The zero-order chi connectivity index (χ0) is 17.5. The molecule has 0 N–H and O–H groups in total. The predicted octanol–water partition coefficient (Wildman–Crippen LogP) is 2.76. The highest BCUT2D eigenvalue weighted by Crippen LogP contribution is 2.24. The number of carbonyl (C=O) groups excluding carboxylic acids is 2. The lowest BCUT2D eigenvalue weighted by Gasteiger charge is -2.21. The average Bonchev–Trinajstić information content (AvgIpc) is 2.61. The summed E-state index contributed by atoms with van der Waals surface area (Å²) >= 11 is 0. The van der Waals surface area contributed by atoms with Gasteiger partial charge in [-0.3, -0.25) is 19.7 Å². The van der Waals surface area contributed by atoms with E-state index in [9.17, 15) is 22.8 Å². The number of anilines is 2. The van der Waals surface area contributed by atoms with Crippen LogP contribution < -0.4 is 4.90 Å². The number of nitrogens with zero attached hydrogens (tertiary/aromatic N) is 3. The topological polar surface area (TPSA) is 72.4 Å². The smallest absolute Gasteiger partial charge is 0.398 e. The molecule has 0 spiro atoms. The van der Waals surface area contributed by atoms with Crippen molar-refractivity contribution in [1.82, 2.24) is 9.97 Å². The van der Waals surface area contributed by atoms with Crippen molar-refractivity contribution in [3.63, 3.8) is 0 Å². The molecule has 9 heteroatoms. The van der Waals surface area contributed by atoms with Crippen LogP contribution in [-0.4, -0.2) is 28.5 Å². The molecule has 0 aromatic carbocycles. The largest absolute Gasteiger partial charge is 0.451 e. The Morgan fingerprint density at radius 2 is 1.38 bits per heavy atom. The molecule has 0 atom stereocenters. The first-order valence-electron chi connectivity index (χ1n) is 6.51. The summed E-state index contributed by atoms with van der Waals surface area (Å²) < 4.78 is 40.9. The molecule has 2 aromatic rings. The van der Waals surface area contributed by atoms with Gasteiger partial charge in [0.2, 0.25) is 5.83 Å². The van der Waals surface area contributed by atoms with E-state index in [0.717, 1.165) is 4.90 Å². The second-order valence-electron chi connectivity index (χ2n) is 4.29. The maximum Gasteiger partial charge on any atom is 0.398 e. The highest BCUT2D eigenvalue weighted by Gasteiger charge is 2.27. The summed E-state index contributed by atoms with van der Waals surface area (Å²) in [7, 11) is 0. The summed E-state index contributed by atoms with van der Waals surface area (Å²) in [6.07, 6.45) is 2.95. The fourth-order valence-electron chi connectivity index (χ4n) is 1.71. The zero-order valence-corrected chi connectivity index (χ0v) is 12.0. The van der Waals surface area contributed by atoms with Gasteiger partial charge in [0.1, 0.15) is 6.61 Å². The molecule has 0 saturated carbocycles. The number of ether oxygens (including phenoxy) is 1. The average molecular weight is 337 g/mol. The molecule has 24 heavy (non-hydrogen) atoms. The Bertz CT molecular complexity index is 711. The third kappa shape index (κ3) is 4.15. The molecule has 6 nitrogen and oxygen atoms in total. The van der Waals surface area contributed by atoms with Crippen molar-refractivity contribution >= 4 is 23.3 Å². The highest BCUT2D eigenvalue weighted by molar-refractivity contribution is 6.39. The Morgan fingerprint density at radius 1 is 0.917 bits per heavy atom. The van der Waals surface area contributed by atoms with Gasteiger partial charge in [-0.25, -0.2) is 9.18 Å². The fraction of sp³-hybridized carbons (Fsp3) is 0.0667. The minimum Gasteiger partial charge on any atom is -0.451 e. The summed E-state index contributed by atoms with van der Waals surface area (Å²) in [6.45, 7) is -1.33. The lowest BCUT2D eigenvalue weighted by atomic mass is 10.3. The number of amides is 1. The molecule has 2 rings (SSSR count). The number of esters is 1. The highest BCUT2D eigenvalue weighted by atomic mass is 19.3. The Balaban J connectivity index is 2.26. The third-order valence-electron chi connectivity index (χ3n) is 2.75. The SMILES string of the molecule is O=C(OCC(F)=C(F)F)C(=O)N(c1ccncc1)c1ccncc1. The monoisotopic (exact) mass is 337 g/mol. The van der Waals surface area contributed by atoms with Crippen molar-refractivity contribution < 1.29 is 27.5 Å². The molecule has 0 aliphatic heterocycles. The van der Waals surface area contributed by atoms with Gasteiger partial charge < -0.3 is 4.74 Å². The van der Waals surface area contributed by atoms with Gasteiger partial charge in [0.05, 0.1) is 11.4 Å². The van der Waals surface area contributed by atoms with E-state index in [2.05, 4.69) is 14.7 Å². The number of hydrogen-bond acceptors (Lipinski definition) is 5. The van der Waals surface area contributed by atoms with Crippen LogP contribution in [0.25, 0.3) is 0 Å². The Morgan fingerprint density at radius 3 is 1.79 bits per heavy atom. The van der Waals surface area contributed by atoms with Crippen molar-refractivity contribution in [3.05, 3.63) is 61.0 Å². The van der Waals surface area contributed by atoms with Crippen molar-refractivity contribution in [2.24, 2.45) is 0 Å². The van der Waals surface area contributed by atoms with Crippen molar-refractivity contribution in [3.8, 4) is 0 Å². The maximum absolute atomic E-state index is 12.7. The van der Waals surface area contributed by atoms with Crippen molar-refractivity contribution in [1.29, 1.82) is 0 Å². The van der Waals surface area contributed by atoms with Gasteiger partial charge in [0.25, 0.3) is 0 Å². The van der Waals surface area contributed by atoms with Crippen LogP contribution in [-0.2, 0) is 14.3 Å². The number of hydrogen-bond donors (Lipinski definition) is 0. The summed E-state index contributed by atoms with van der Waals surface area (Å²) in [6, 6.07) is 5.81. The molecule has 124 valence electrons. The van der Waals surface area contributed by atoms with Gasteiger partial charge in [-0.1, -0.05) is 0 Å². The van der Waals surface area contributed by atoms with E-state index in [0.29, 0.717) is 0 Å². The van der Waals surface area contributed by atoms with E-state index < -0.39 is 30.4 Å². The van der Waals surface area contributed by atoms with Gasteiger partial charge in [-0.15, -0.1) is 0 Å². The van der Waals surface area contributed by atoms with Gasteiger partial charge in [-0.05, 0) is 24.3 Å². The van der Waals surface area contributed by atoms with Crippen LogP contribution in [0.1, 0.15) is 0 Å². The Hall–Kier alpha value is -3.23. The van der Waals surface area contributed by atoms with Gasteiger partial charge in [0.15, 0.2) is 0 Å². The minimum atomic E-state index is -2.62. The molecule has 0 radical (unpaired) electrons. The van der Waals surface area contributed by atoms with Crippen LogP contribution >= 0.6 is 0 Å². The van der Waals surface area contributed by atoms with E-state index in [4.69, 9.17) is 0 Å². The van der Waals surface area contributed by atoms with Gasteiger partial charge >= 0.3 is 18.0 Å². The Labute approximate surface area is 134 Å². The number of halogens is 3. The quantitative estimate of drug-likeness (QED) is 0.634. The Kier molecular flexibility index (Phi) is 5.61. The maximum atomic E-state index is 12.7. The molecular weight excluding hydrogens is 327 g/mol. The minimum absolute atomic E-state index is 0.283. The normalized spacial score (nSPS) is 9.96. The van der Waals surface area contributed by atoms with E-state index in [1.807, 2.05) is 0 Å². The van der Waals surface area contributed by atoms with E-state index >= 15 is 0 Å². The molecule has 0 bridgehead atoms. The summed E-state index contributed by atoms with van der Waals surface area (Å²) in [5, 5.41) is 0. The summed E-state index contributed by atoms with van der Waals surface area (Å²) in [4.78, 5) is 32.7. The predicted molar refractivity (Wildman–Crippen MR) is 76.9 cm³/mol. The van der Waals surface area contributed by atoms with Crippen LogP contribution in [0.3, 0.4) is 0 Å². The molecule has 0 fully saturated rings. The summed E-state index contributed by atoms with van der Waals surface area (Å²) in [5.41, 5.74) is 0.566. The van der Waals surface area contributed by atoms with Crippen LogP contribution in [0.2, 0.25) is 0 Å². The first kappa shape index (κ1) is 17.1. The zero-order valence-electron chi connectivity index (χ0n) is 12.0. The van der Waals surface area contributed by atoms with Gasteiger partial charge in [0, 0.05) is 24.8 Å². The molecule has 0 saturated heterocycles. The molecule has 2 aromatic heterocycles. The number of aromatic nitrogens is 2. The van der Waals surface area contributed by atoms with Crippen LogP contribution in [0, 0.1) is 0 Å². The first-order chi connectivity index (χ1) is 11.5. The lowest BCUT2D eigenvalue weighted by molar-refractivity contribution is -0.152. The lowest BCUT2D eigenvalue weighted by Crippen LogP contribution is -2.34. The molecule has 2 heterocycles. The second-order valence-corrected chi connectivity index (χ2v) is 4.29. The molecule has 0 aliphatic carbocycles. The van der Waals surface area contributed by atoms with E-state index in [1.54, 1.807) is 0 Å². The number of carbonyl (C=O) groups is 2. The second kappa shape index (κ2) is 7.86. The van der Waals surface area contributed by atoms with E-state index in [1.165, 1.54) is 49.1 Å². The standard InChI is InChI=1S/C15H10F3N3O3/c16-12(13(17)18)9-24-15(23)14(22)21(10-1-5-19-6-2-10)11-3-7-20-8-4-11/h1-8H,9H2. The van der Waals surface area contributed by atoms with Gasteiger partial charge in [-0.2, -0.15) is 8.78 Å². The number of pyridine rings is 2. The molecule has 0 unspecified atom stereocenters. The van der Waals surface area contributed by atoms with Crippen molar-refractivity contribution in [2.75, 3.05) is 11.5 Å². The van der Waals surface area contributed by atoms with Crippen LogP contribution in [0.5, 0.6) is 0 Å². The fourth-order valence-corrected chi connectivity index (χ4v) is 1.71.